The SMILES string of the molecule is CC[Si](CC)(CC)Oc1ccc2oc(=O)ccc2c1. The van der Waals surface area contributed by atoms with Crippen molar-refractivity contribution in [1.29, 1.82) is 0 Å². The molecular formula is C15H20O3Si. The average Bonchev–Trinajstić information content (AvgIpc) is 2.45. The normalized spacial score (nSPS) is 11.7. The van der Waals surface area contributed by atoms with E-state index in [1.807, 2.05) is 18.2 Å². The zero-order chi connectivity index (χ0) is 13.9. The number of hydrogen-bond acceptors (Lipinski definition) is 3. The molecule has 0 aliphatic carbocycles. The van der Waals surface area contributed by atoms with Crippen LogP contribution in [-0.2, 0) is 0 Å². The quantitative estimate of drug-likeness (QED) is 0.607. The van der Waals surface area contributed by atoms with Gasteiger partial charge in [-0.3, -0.25) is 0 Å². The summed E-state index contributed by atoms with van der Waals surface area (Å²) < 4.78 is 11.4. The van der Waals surface area contributed by atoms with Crippen LogP contribution in [0.15, 0.2) is 39.5 Å². The fourth-order valence-electron chi connectivity index (χ4n) is 2.33. The maximum atomic E-state index is 11.1. The van der Waals surface area contributed by atoms with Crippen molar-refractivity contribution in [3.8, 4) is 5.75 Å². The first kappa shape index (κ1) is 13.9. The lowest BCUT2D eigenvalue weighted by Crippen LogP contribution is -2.39. The summed E-state index contributed by atoms with van der Waals surface area (Å²) in [7, 11) is -1.65. The Kier molecular flexibility index (Phi) is 4.10. The van der Waals surface area contributed by atoms with Gasteiger partial charge in [-0.15, -0.1) is 0 Å². The van der Waals surface area contributed by atoms with Crippen LogP contribution in [0.1, 0.15) is 20.8 Å². The first-order valence-corrected chi connectivity index (χ1v) is 9.38. The van der Waals surface area contributed by atoms with Gasteiger partial charge in [0.05, 0.1) is 0 Å². The maximum Gasteiger partial charge on any atom is 0.336 e. The van der Waals surface area contributed by atoms with E-state index in [2.05, 4.69) is 20.8 Å². The van der Waals surface area contributed by atoms with Crippen LogP contribution >= 0.6 is 0 Å². The molecule has 3 nitrogen and oxygen atoms in total. The van der Waals surface area contributed by atoms with Gasteiger partial charge in [0.25, 0.3) is 0 Å². The third-order valence-corrected chi connectivity index (χ3v) is 8.39. The molecule has 1 aromatic carbocycles. The van der Waals surface area contributed by atoms with Gasteiger partial charge >= 0.3 is 5.63 Å². The Morgan fingerprint density at radius 1 is 1.05 bits per heavy atom. The Labute approximate surface area is 114 Å². The molecule has 0 N–H and O–H groups in total. The number of fused-ring (bicyclic) bond motifs is 1. The molecule has 0 atom stereocenters. The van der Waals surface area contributed by atoms with E-state index in [0.29, 0.717) is 5.58 Å². The lowest BCUT2D eigenvalue weighted by Gasteiger charge is -2.29. The first-order valence-electron chi connectivity index (χ1n) is 6.85. The molecule has 2 rings (SSSR count). The van der Waals surface area contributed by atoms with E-state index in [1.54, 1.807) is 6.07 Å². The first-order chi connectivity index (χ1) is 9.12. The monoisotopic (exact) mass is 276 g/mol. The largest absolute Gasteiger partial charge is 0.543 e. The zero-order valence-corrected chi connectivity index (χ0v) is 12.7. The summed E-state index contributed by atoms with van der Waals surface area (Å²) in [6.45, 7) is 6.62. The molecule has 19 heavy (non-hydrogen) atoms. The molecular weight excluding hydrogens is 256 g/mol. The maximum absolute atomic E-state index is 11.1. The van der Waals surface area contributed by atoms with Crippen LogP contribution in [0.25, 0.3) is 11.0 Å². The smallest absolute Gasteiger partial charge is 0.336 e. The third-order valence-electron chi connectivity index (χ3n) is 3.86. The van der Waals surface area contributed by atoms with Crippen molar-refractivity contribution in [3.63, 3.8) is 0 Å². The summed E-state index contributed by atoms with van der Waals surface area (Å²) in [4.78, 5) is 11.1. The minimum Gasteiger partial charge on any atom is -0.543 e. The average molecular weight is 276 g/mol. The van der Waals surface area contributed by atoms with Gasteiger partial charge < -0.3 is 8.84 Å². The van der Waals surface area contributed by atoms with E-state index < -0.39 is 8.32 Å². The molecule has 2 aromatic rings. The summed E-state index contributed by atoms with van der Waals surface area (Å²) in [6, 6.07) is 12.2. The predicted molar refractivity (Wildman–Crippen MR) is 80.3 cm³/mol. The van der Waals surface area contributed by atoms with Crippen LogP contribution in [0.2, 0.25) is 18.1 Å². The third kappa shape index (κ3) is 2.89. The second-order valence-electron chi connectivity index (χ2n) is 4.80. The van der Waals surface area contributed by atoms with Crippen molar-refractivity contribution in [2.45, 2.75) is 38.9 Å². The standard InChI is InChI=1S/C15H20O3Si/c1-4-19(5-2,6-3)18-13-8-9-14-12(11-13)7-10-15(16)17-14/h7-11H,4-6H2,1-3H3. The molecule has 0 bridgehead atoms. The van der Waals surface area contributed by atoms with Gasteiger partial charge in [0.1, 0.15) is 11.3 Å². The summed E-state index contributed by atoms with van der Waals surface area (Å²) in [5.41, 5.74) is 0.289. The summed E-state index contributed by atoms with van der Waals surface area (Å²) in [5, 5.41) is 0.906. The van der Waals surface area contributed by atoms with Crippen molar-refractivity contribution in [2.75, 3.05) is 0 Å². The number of benzene rings is 1. The van der Waals surface area contributed by atoms with Gasteiger partial charge in [0.15, 0.2) is 0 Å². The van der Waals surface area contributed by atoms with E-state index in [-0.39, 0.29) is 5.63 Å². The van der Waals surface area contributed by atoms with Crippen molar-refractivity contribution in [1.82, 2.24) is 0 Å². The van der Waals surface area contributed by atoms with E-state index in [4.69, 9.17) is 8.84 Å². The lowest BCUT2D eigenvalue weighted by molar-refractivity contribution is 0.530. The van der Waals surface area contributed by atoms with Crippen molar-refractivity contribution in [2.24, 2.45) is 0 Å². The van der Waals surface area contributed by atoms with Gasteiger partial charge in [-0.1, -0.05) is 20.8 Å². The second kappa shape index (κ2) is 5.61. The van der Waals surface area contributed by atoms with Gasteiger partial charge in [0, 0.05) is 11.5 Å². The van der Waals surface area contributed by atoms with Crippen LogP contribution < -0.4 is 10.1 Å². The van der Waals surface area contributed by atoms with Gasteiger partial charge in [-0.25, -0.2) is 4.79 Å². The molecule has 1 heterocycles. The summed E-state index contributed by atoms with van der Waals surface area (Å²) >= 11 is 0. The van der Waals surface area contributed by atoms with Crippen LogP contribution in [0, 0.1) is 0 Å². The molecule has 4 heteroatoms. The lowest BCUT2D eigenvalue weighted by atomic mass is 10.2. The Bertz CT molecular complexity index is 606. The van der Waals surface area contributed by atoms with Crippen molar-refractivity contribution in [3.05, 3.63) is 40.8 Å². The molecule has 0 unspecified atom stereocenters. The van der Waals surface area contributed by atoms with Gasteiger partial charge in [-0.2, -0.15) is 0 Å². The highest BCUT2D eigenvalue weighted by Gasteiger charge is 2.30. The minimum atomic E-state index is -1.65. The van der Waals surface area contributed by atoms with E-state index in [0.717, 1.165) is 29.3 Å². The minimum absolute atomic E-state index is 0.319. The molecule has 0 aliphatic heterocycles. The van der Waals surface area contributed by atoms with Crippen LogP contribution in [0.3, 0.4) is 0 Å². The van der Waals surface area contributed by atoms with E-state index in [9.17, 15) is 4.79 Å². The fraction of sp³-hybridized carbons (Fsp3) is 0.400. The van der Waals surface area contributed by atoms with Gasteiger partial charge in [0.2, 0.25) is 8.32 Å². The van der Waals surface area contributed by atoms with Crippen LogP contribution in [0.5, 0.6) is 5.75 Å². The van der Waals surface area contributed by atoms with Crippen molar-refractivity contribution < 1.29 is 8.84 Å². The van der Waals surface area contributed by atoms with E-state index >= 15 is 0 Å². The Hall–Kier alpha value is -1.55. The van der Waals surface area contributed by atoms with Gasteiger partial charge in [-0.05, 0) is 42.4 Å². The molecule has 0 amide bonds. The number of hydrogen-bond donors (Lipinski definition) is 0. The Balaban J connectivity index is 2.36. The highest BCUT2D eigenvalue weighted by atomic mass is 28.4. The molecule has 0 fully saturated rings. The number of rotatable bonds is 5. The Morgan fingerprint density at radius 2 is 1.74 bits per heavy atom. The van der Waals surface area contributed by atoms with E-state index in [1.165, 1.54) is 6.07 Å². The van der Waals surface area contributed by atoms with Crippen LogP contribution in [-0.4, -0.2) is 8.32 Å². The highest BCUT2D eigenvalue weighted by molar-refractivity contribution is 6.74. The topological polar surface area (TPSA) is 39.4 Å². The summed E-state index contributed by atoms with van der Waals surface area (Å²) in [6.07, 6.45) is 0. The summed E-state index contributed by atoms with van der Waals surface area (Å²) in [5.74, 6) is 0.888. The zero-order valence-electron chi connectivity index (χ0n) is 11.7. The molecule has 1 aromatic heterocycles. The molecule has 102 valence electrons. The fourth-order valence-corrected chi connectivity index (χ4v) is 4.89. The predicted octanol–water partition coefficient (Wildman–Crippen LogP) is 4.18. The Morgan fingerprint density at radius 3 is 2.37 bits per heavy atom. The molecule has 0 saturated carbocycles. The van der Waals surface area contributed by atoms with Crippen molar-refractivity contribution >= 4 is 19.3 Å². The molecule has 0 aliphatic rings. The molecule has 0 saturated heterocycles. The highest BCUT2D eigenvalue weighted by Crippen LogP contribution is 2.27. The molecule has 0 spiro atoms. The molecule has 0 radical (unpaired) electrons. The second-order valence-corrected chi connectivity index (χ2v) is 9.49. The van der Waals surface area contributed by atoms with Crippen LogP contribution in [0.4, 0.5) is 0 Å².